The van der Waals surface area contributed by atoms with Crippen LogP contribution in [0.25, 0.3) is 0 Å². The minimum absolute atomic E-state index is 0.107. The average molecular weight is 313 g/mol. The normalized spacial score (nSPS) is 12.6. The van der Waals surface area contributed by atoms with Crippen LogP contribution in [-0.4, -0.2) is 46.2 Å². The van der Waals surface area contributed by atoms with E-state index < -0.39 is 17.7 Å². The third kappa shape index (κ3) is 5.03. The van der Waals surface area contributed by atoms with Gasteiger partial charge in [-0.25, -0.2) is 9.59 Å². The van der Waals surface area contributed by atoms with Gasteiger partial charge in [-0.05, 0) is 33.8 Å². The summed E-state index contributed by atoms with van der Waals surface area (Å²) < 4.78 is 11.2. The smallest absolute Gasteiger partial charge is 0.407 e. The highest BCUT2D eigenvalue weighted by molar-refractivity contribution is 5.87. The fourth-order valence-corrected chi connectivity index (χ4v) is 1.77. The molecule has 0 aliphatic heterocycles. The number of amides is 1. The molecule has 8 heteroatoms. The summed E-state index contributed by atoms with van der Waals surface area (Å²) in [5.74, 6) is -0.583. The fourth-order valence-electron chi connectivity index (χ4n) is 1.77. The predicted molar refractivity (Wildman–Crippen MR) is 78.4 cm³/mol. The zero-order valence-corrected chi connectivity index (χ0v) is 13.5. The molecule has 8 nitrogen and oxygen atoms in total. The topological polar surface area (TPSA) is 103 Å². The van der Waals surface area contributed by atoms with E-state index in [-0.39, 0.29) is 24.9 Å². The highest BCUT2D eigenvalue weighted by Crippen LogP contribution is 2.13. The largest absolute Gasteiger partial charge is 0.464 e. The lowest BCUT2D eigenvalue weighted by molar-refractivity contribution is 0.0517. The van der Waals surface area contributed by atoms with Crippen LogP contribution < -0.4 is 5.32 Å². The Kier molecular flexibility index (Phi) is 5.92. The van der Waals surface area contributed by atoms with Crippen LogP contribution in [0.2, 0.25) is 0 Å². The van der Waals surface area contributed by atoms with Gasteiger partial charge in [0.25, 0.3) is 0 Å². The van der Waals surface area contributed by atoms with Crippen molar-refractivity contribution in [3.8, 4) is 0 Å². The van der Waals surface area contributed by atoms with Crippen molar-refractivity contribution >= 4 is 12.1 Å². The van der Waals surface area contributed by atoms with E-state index in [1.54, 1.807) is 27.7 Å². The Morgan fingerprint density at radius 3 is 2.59 bits per heavy atom. The van der Waals surface area contributed by atoms with Crippen molar-refractivity contribution in [3.63, 3.8) is 0 Å². The molecule has 0 aromatic carbocycles. The van der Waals surface area contributed by atoms with E-state index in [1.165, 1.54) is 17.9 Å². The zero-order valence-electron chi connectivity index (χ0n) is 13.5. The van der Waals surface area contributed by atoms with E-state index in [1.807, 2.05) is 0 Å². The summed E-state index contributed by atoms with van der Waals surface area (Å²) >= 11 is 0. The molecule has 1 amide bonds. The van der Waals surface area contributed by atoms with E-state index in [2.05, 4.69) is 15.2 Å². The van der Waals surface area contributed by atoms with Crippen LogP contribution >= 0.6 is 0 Å². The Bertz CT molecular complexity index is 533. The number of carbonyl (C=O) groups excluding carboxylic acids is 2. The SMILES string of the molecule is COC(=O)c1cc(CO)n([C@H](C)CNC(=O)OC(C)(C)C)n1. The van der Waals surface area contributed by atoms with Gasteiger partial charge in [0.05, 0.1) is 25.5 Å². The number of methoxy groups -OCH3 is 1. The second-order valence-corrected chi connectivity index (χ2v) is 5.85. The van der Waals surface area contributed by atoms with E-state index in [9.17, 15) is 14.7 Å². The Morgan fingerprint density at radius 2 is 2.09 bits per heavy atom. The van der Waals surface area contributed by atoms with Gasteiger partial charge < -0.3 is 19.9 Å². The van der Waals surface area contributed by atoms with Gasteiger partial charge in [-0.15, -0.1) is 0 Å². The quantitative estimate of drug-likeness (QED) is 0.793. The van der Waals surface area contributed by atoms with Crippen molar-refractivity contribution in [2.45, 2.75) is 45.9 Å². The molecular weight excluding hydrogens is 290 g/mol. The van der Waals surface area contributed by atoms with Gasteiger partial charge in [-0.1, -0.05) is 0 Å². The molecule has 0 aliphatic carbocycles. The molecule has 0 saturated carbocycles. The molecule has 0 saturated heterocycles. The lowest BCUT2D eigenvalue weighted by Crippen LogP contribution is -2.35. The molecule has 2 N–H and O–H groups in total. The fraction of sp³-hybridized carbons (Fsp3) is 0.643. The molecule has 1 heterocycles. The van der Waals surface area contributed by atoms with Crippen LogP contribution in [0.3, 0.4) is 0 Å². The van der Waals surface area contributed by atoms with Crippen LogP contribution in [-0.2, 0) is 16.1 Å². The number of aliphatic hydroxyl groups is 1. The summed E-state index contributed by atoms with van der Waals surface area (Å²) in [7, 11) is 1.26. The maximum Gasteiger partial charge on any atom is 0.407 e. The van der Waals surface area contributed by atoms with Crippen LogP contribution in [0, 0.1) is 0 Å². The number of nitrogens with one attached hydrogen (secondary N) is 1. The minimum Gasteiger partial charge on any atom is -0.464 e. The Balaban J connectivity index is 2.72. The maximum atomic E-state index is 11.6. The van der Waals surface area contributed by atoms with Crippen molar-refractivity contribution in [2.24, 2.45) is 0 Å². The summed E-state index contributed by atoms with van der Waals surface area (Å²) in [5, 5.41) is 16.1. The molecule has 1 rings (SSSR count). The molecule has 0 unspecified atom stereocenters. The first-order valence-electron chi connectivity index (χ1n) is 6.92. The van der Waals surface area contributed by atoms with Crippen LogP contribution in [0.4, 0.5) is 4.79 Å². The molecule has 22 heavy (non-hydrogen) atoms. The average Bonchev–Trinajstić information content (AvgIpc) is 2.86. The molecule has 1 aromatic heterocycles. The van der Waals surface area contributed by atoms with Gasteiger partial charge in [-0.3, -0.25) is 4.68 Å². The summed E-state index contributed by atoms with van der Waals surface area (Å²) in [5.41, 5.74) is -0.0117. The number of esters is 1. The molecule has 1 atom stereocenters. The number of ether oxygens (including phenoxy) is 2. The molecule has 0 fully saturated rings. The van der Waals surface area contributed by atoms with Gasteiger partial charge in [0.2, 0.25) is 0 Å². The Morgan fingerprint density at radius 1 is 1.45 bits per heavy atom. The third-order valence-corrected chi connectivity index (χ3v) is 2.73. The van der Waals surface area contributed by atoms with Gasteiger partial charge in [0.15, 0.2) is 5.69 Å². The van der Waals surface area contributed by atoms with E-state index >= 15 is 0 Å². The van der Waals surface area contributed by atoms with Gasteiger partial charge in [0, 0.05) is 6.54 Å². The van der Waals surface area contributed by atoms with E-state index in [0.29, 0.717) is 5.69 Å². The number of rotatable bonds is 5. The molecule has 0 aliphatic rings. The molecular formula is C14H23N3O5. The summed E-state index contributed by atoms with van der Waals surface area (Å²) in [6, 6.07) is 1.18. The summed E-state index contributed by atoms with van der Waals surface area (Å²) in [6.45, 7) is 7.08. The highest BCUT2D eigenvalue weighted by Gasteiger charge is 2.20. The second-order valence-electron chi connectivity index (χ2n) is 5.85. The first-order valence-corrected chi connectivity index (χ1v) is 6.92. The molecule has 0 bridgehead atoms. The van der Waals surface area contributed by atoms with Gasteiger partial charge in [-0.2, -0.15) is 5.10 Å². The predicted octanol–water partition coefficient (Wildman–Crippen LogP) is 1.25. The zero-order chi connectivity index (χ0) is 16.9. The van der Waals surface area contributed by atoms with E-state index in [0.717, 1.165) is 0 Å². The van der Waals surface area contributed by atoms with Crippen molar-refractivity contribution in [3.05, 3.63) is 17.5 Å². The Hall–Kier alpha value is -2.09. The number of hydrogen-bond acceptors (Lipinski definition) is 6. The number of aliphatic hydroxyl groups excluding tert-OH is 1. The summed E-state index contributed by atoms with van der Waals surface area (Å²) in [6.07, 6.45) is -0.537. The number of alkyl carbamates (subject to hydrolysis) is 1. The van der Waals surface area contributed by atoms with Crippen LogP contribution in [0.1, 0.15) is 49.9 Å². The molecule has 1 aromatic rings. The standard InChI is InChI=1S/C14H23N3O5/c1-9(7-15-13(20)22-14(2,3)4)17-10(8-18)6-11(16-17)12(19)21-5/h6,9,18H,7-8H2,1-5H3,(H,15,20)/t9-/m1/s1. The number of carbonyl (C=O) groups is 2. The van der Waals surface area contributed by atoms with Crippen molar-refractivity contribution in [2.75, 3.05) is 13.7 Å². The first-order chi connectivity index (χ1) is 10.2. The van der Waals surface area contributed by atoms with Crippen molar-refractivity contribution in [1.29, 1.82) is 0 Å². The van der Waals surface area contributed by atoms with Gasteiger partial charge in [0.1, 0.15) is 5.60 Å². The van der Waals surface area contributed by atoms with Gasteiger partial charge >= 0.3 is 12.1 Å². The number of aromatic nitrogens is 2. The molecule has 0 spiro atoms. The lowest BCUT2D eigenvalue weighted by Gasteiger charge is -2.21. The minimum atomic E-state index is -0.583. The molecule has 0 radical (unpaired) electrons. The monoisotopic (exact) mass is 313 g/mol. The highest BCUT2D eigenvalue weighted by atomic mass is 16.6. The van der Waals surface area contributed by atoms with Crippen LogP contribution in [0.5, 0.6) is 0 Å². The molecule has 124 valence electrons. The Labute approximate surface area is 129 Å². The van der Waals surface area contributed by atoms with Crippen LogP contribution in [0.15, 0.2) is 6.07 Å². The lowest BCUT2D eigenvalue weighted by atomic mass is 10.2. The second kappa shape index (κ2) is 7.26. The third-order valence-electron chi connectivity index (χ3n) is 2.73. The first kappa shape index (κ1) is 18.0. The summed E-state index contributed by atoms with van der Waals surface area (Å²) in [4.78, 5) is 23.1. The number of hydrogen-bond donors (Lipinski definition) is 2. The maximum absolute atomic E-state index is 11.6. The van der Waals surface area contributed by atoms with E-state index in [4.69, 9.17) is 4.74 Å². The van der Waals surface area contributed by atoms with Crippen molar-refractivity contribution < 1.29 is 24.2 Å². The number of nitrogens with zero attached hydrogens (tertiary/aromatic N) is 2. The van der Waals surface area contributed by atoms with Crippen molar-refractivity contribution in [1.82, 2.24) is 15.1 Å².